The average Bonchev–Trinajstić information content (AvgIpc) is 2.61. The molecule has 1 unspecified atom stereocenters. The zero-order chi connectivity index (χ0) is 9.97. The third kappa shape index (κ3) is 1.70. The number of nitrogens with zero attached hydrogens (tertiary/aromatic N) is 1. The third-order valence-corrected chi connectivity index (χ3v) is 3.52. The van der Waals surface area contributed by atoms with Crippen LogP contribution < -0.4 is 0 Å². The van der Waals surface area contributed by atoms with Gasteiger partial charge in [0.25, 0.3) is 0 Å². The molecule has 2 aromatic rings. The number of benzene rings is 1. The first kappa shape index (κ1) is 9.41. The monoisotopic (exact) mass is 203 g/mol. The number of hydrogen-bond donors (Lipinski definition) is 0. The van der Waals surface area contributed by atoms with E-state index >= 15 is 0 Å². The molecule has 1 nitrogen and oxygen atoms in total. The zero-order valence-corrected chi connectivity index (χ0v) is 9.05. The second kappa shape index (κ2) is 3.93. The number of thiazole rings is 1. The highest BCUT2D eigenvalue weighted by atomic mass is 32.1. The lowest BCUT2D eigenvalue weighted by molar-refractivity contribution is 0.775. The van der Waals surface area contributed by atoms with Crippen molar-refractivity contribution in [2.75, 3.05) is 0 Å². The number of allylic oxidation sites excluding steroid dienone is 1. The second-order valence-corrected chi connectivity index (χ2v) is 4.51. The first-order chi connectivity index (χ1) is 6.81. The molecular weight excluding hydrogens is 190 g/mol. The molecule has 0 bridgehead atoms. The Morgan fingerprint density at radius 3 is 3.00 bits per heavy atom. The Kier molecular flexibility index (Phi) is 2.64. The molecule has 0 saturated heterocycles. The molecule has 72 valence electrons. The molecule has 0 fully saturated rings. The van der Waals surface area contributed by atoms with Gasteiger partial charge in [0.2, 0.25) is 0 Å². The van der Waals surface area contributed by atoms with Crippen molar-refractivity contribution in [1.82, 2.24) is 4.98 Å². The van der Waals surface area contributed by atoms with Crippen LogP contribution in [0.25, 0.3) is 10.2 Å². The fourth-order valence-electron chi connectivity index (χ4n) is 1.45. The van der Waals surface area contributed by atoms with Gasteiger partial charge in [0, 0.05) is 5.92 Å². The molecule has 0 radical (unpaired) electrons. The fourth-order valence-corrected chi connectivity index (χ4v) is 2.48. The van der Waals surface area contributed by atoms with Crippen molar-refractivity contribution in [3.8, 4) is 0 Å². The van der Waals surface area contributed by atoms with Crippen LogP contribution in [0, 0.1) is 0 Å². The van der Waals surface area contributed by atoms with E-state index in [1.54, 1.807) is 11.3 Å². The lowest BCUT2D eigenvalue weighted by Crippen LogP contribution is -1.89. The summed E-state index contributed by atoms with van der Waals surface area (Å²) in [5, 5.41) is 1.21. The van der Waals surface area contributed by atoms with Crippen LogP contribution in [0.4, 0.5) is 0 Å². The summed E-state index contributed by atoms with van der Waals surface area (Å²) in [6.07, 6.45) is 2.95. The highest BCUT2D eigenvalue weighted by Crippen LogP contribution is 2.28. The second-order valence-electron chi connectivity index (χ2n) is 3.45. The molecule has 1 aromatic carbocycles. The maximum Gasteiger partial charge on any atom is 0.0969 e. The number of fused-ring (bicyclic) bond motifs is 1. The Balaban J connectivity index is 2.39. The number of hydrogen-bond acceptors (Lipinski definition) is 2. The minimum absolute atomic E-state index is 0.491. The molecule has 0 aliphatic carbocycles. The molecule has 1 heterocycles. The van der Waals surface area contributed by atoms with Gasteiger partial charge in [-0.1, -0.05) is 25.1 Å². The van der Waals surface area contributed by atoms with Gasteiger partial charge in [-0.25, -0.2) is 4.98 Å². The molecule has 1 aromatic heterocycles. The molecule has 0 amide bonds. The number of para-hydroxylation sites is 1. The zero-order valence-electron chi connectivity index (χ0n) is 8.23. The van der Waals surface area contributed by atoms with Crippen LogP contribution in [0.3, 0.4) is 0 Å². The van der Waals surface area contributed by atoms with Gasteiger partial charge in [0.1, 0.15) is 0 Å². The van der Waals surface area contributed by atoms with E-state index in [0.717, 1.165) is 11.9 Å². The number of aromatic nitrogens is 1. The number of rotatable bonds is 3. The van der Waals surface area contributed by atoms with Crippen molar-refractivity contribution < 1.29 is 0 Å². The summed E-state index contributed by atoms with van der Waals surface area (Å²) >= 11 is 1.79. The van der Waals surface area contributed by atoms with Crippen LogP contribution in [-0.4, -0.2) is 4.98 Å². The molecule has 14 heavy (non-hydrogen) atoms. The molecule has 2 rings (SSSR count). The summed E-state index contributed by atoms with van der Waals surface area (Å²) in [6.45, 7) is 5.95. The summed E-state index contributed by atoms with van der Waals surface area (Å²) in [5.41, 5.74) is 1.11. The maximum absolute atomic E-state index is 4.60. The molecule has 0 aliphatic heterocycles. The molecule has 1 atom stereocenters. The summed E-state index contributed by atoms with van der Waals surface area (Å²) in [6, 6.07) is 8.28. The summed E-state index contributed by atoms with van der Waals surface area (Å²) in [4.78, 5) is 4.60. The van der Waals surface area contributed by atoms with Crippen LogP contribution in [-0.2, 0) is 0 Å². The fraction of sp³-hybridized carbons (Fsp3) is 0.250. The highest BCUT2D eigenvalue weighted by Gasteiger charge is 2.09. The Bertz CT molecular complexity index is 411. The van der Waals surface area contributed by atoms with Crippen LogP contribution >= 0.6 is 11.3 Å². The van der Waals surface area contributed by atoms with Gasteiger partial charge in [0.15, 0.2) is 0 Å². The Labute approximate surface area is 88.1 Å². The predicted molar refractivity (Wildman–Crippen MR) is 62.8 cm³/mol. The first-order valence-corrected chi connectivity index (χ1v) is 5.59. The SMILES string of the molecule is C=CCC(C)c1nc2ccccc2s1. The van der Waals surface area contributed by atoms with Crippen LogP contribution in [0.5, 0.6) is 0 Å². The molecule has 0 aliphatic rings. The van der Waals surface area contributed by atoms with E-state index in [4.69, 9.17) is 0 Å². The standard InChI is InChI=1S/C12H13NS/c1-3-6-9(2)12-13-10-7-4-5-8-11(10)14-12/h3-5,7-9H,1,6H2,2H3. The van der Waals surface area contributed by atoms with Crippen molar-refractivity contribution in [1.29, 1.82) is 0 Å². The van der Waals surface area contributed by atoms with Gasteiger partial charge in [-0.15, -0.1) is 17.9 Å². The van der Waals surface area contributed by atoms with Gasteiger partial charge in [0.05, 0.1) is 15.2 Å². The highest BCUT2D eigenvalue weighted by molar-refractivity contribution is 7.18. The van der Waals surface area contributed by atoms with E-state index in [0.29, 0.717) is 5.92 Å². The topological polar surface area (TPSA) is 12.9 Å². The van der Waals surface area contributed by atoms with Gasteiger partial charge in [-0.3, -0.25) is 0 Å². The van der Waals surface area contributed by atoms with Crippen molar-refractivity contribution in [2.45, 2.75) is 19.3 Å². The quantitative estimate of drug-likeness (QED) is 0.688. The Morgan fingerprint density at radius 1 is 1.50 bits per heavy atom. The largest absolute Gasteiger partial charge is 0.241 e. The van der Waals surface area contributed by atoms with Crippen LogP contribution in [0.15, 0.2) is 36.9 Å². The van der Waals surface area contributed by atoms with Crippen LogP contribution in [0.1, 0.15) is 24.3 Å². The summed E-state index contributed by atoms with van der Waals surface area (Å²) in [5.74, 6) is 0.491. The molecule has 0 spiro atoms. The minimum atomic E-state index is 0.491. The summed E-state index contributed by atoms with van der Waals surface area (Å²) in [7, 11) is 0. The molecular formula is C12H13NS. The maximum atomic E-state index is 4.60. The minimum Gasteiger partial charge on any atom is -0.241 e. The van der Waals surface area contributed by atoms with Gasteiger partial charge in [-0.05, 0) is 18.6 Å². The lowest BCUT2D eigenvalue weighted by Gasteiger charge is -2.01. The average molecular weight is 203 g/mol. The molecule has 0 saturated carbocycles. The van der Waals surface area contributed by atoms with E-state index in [-0.39, 0.29) is 0 Å². The molecule has 2 heteroatoms. The predicted octanol–water partition coefficient (Wildman–Crippen LogP) is 3.98. The van der Waals surface area contributed by atoms with E-state index in [2.05, 4.69) is 36.7 Å². The van der Waals surface area contributed by atoms with E-state index < -0.39 is 0 Å². The van der Waals surface area contributed by atoms with Crippen molar-refractivity contribution in [3.63, 3.8) is 0 Å². The van der Waals surface area contributed by atoms with Crippen molar-refractivity contribution in [3.05, 3.63) is 41.9 Å². The van der Waals surface area contributed by atoms with Crippen molar-refractivity contribution >= 4 is 21.6 Å². The van der Waals surface area contributed by atoms with E-state index in [1.807, 2.05) is 12.1 Å². The Morgan fingerprint density at radius 2 is 2.29 bits per heavy atom. The normalized spacial score (nSPS) is 12.9. The first-order valence-electron chi connectivity index (χ1n) is 4.77. The molecule has 0 N–H and O–H groups in total. The van der Waals surface area contributed by atoms with Gasteiger partial charge >= 0.3 is 0 Å². The van der Waals surface area contributed by atoms with Crippen molar-refractivity contribution in [2.24, 2.45) is 0 Å². The third-order valence-electron chi connectivity index (χ3n) is 2.25. The summed E-state index contributed by atoms with van der Waals surface area (Å²) < 4.78 is 1.28. The van der Waals surface area contributed by atoms with Crippen LogP contribution in [0.2, 0.25) is 0 Å². The van der Waals surface area contributed by atoms with Gasteiger partial charge < -0.3 is 0 Å². The van der Waals surface area contributed by atoms with Gasteiger partial charge in [-0.2, -0.15) is 0 Å². The smallest absolute Gasteiger partial charge is 0.0969 e. The van der Waals surface area contributed by atoms with E-state index in [9.17, 15) is 0 Å². The van der Waals surface area contributed by atoms with E-state index in [1.165, 1.54) is 9.71 Å². The lowest BCUT2D eigenvalue weighted by atomic mass is 10.1. The Hall–Kier alpha value is -1.15.